The minimum atomic E-state index is -0.0246. The van der Waals surface area contributed by atoms with Crippen molar-refractivity contribution in [1.82, 2.24) is 0 Å². The van der Waals surface area contributed by atoms with Gasteiger partial charge < -0.3 is 0 Å². The zero-order chi connectivity index (χ0) is 34.5. The maximum atomic E-state index is 14.0. The van der Waals surface area contributed by atoms with Crippen molar-refractivity contribution in [2.45, 2.75) is 171 Å². The molecule has 0 bridgehead atoms. The van der Waals surface area contributed by atoms with E-state index < -0.39 is 0 Å². The van der Waals surface area contributed by atoms with Crippen LogP contribution in [0.3, 0.4) is 0 Å². The molecule has 2 aromatic carbocycles. The van der Waals surface area contributed by atoms with Gasteiger partial charge in [-0.1, -0.05) is 140 Å². The van der Waals surface area contributed by atoms with E-state index in [1.54, 1.807) is 0 Å². The Labute approximate surface area is 283 Å². The lowest BCUT2D eigenvalue weighted by atomic mass is 9.69. The van der Waals surface area contributed by atoms with Gasteiger partial charge in [-0.25, -0.2) is 0 Å². The second-order valence-electron chi connectivity index (χ2n) is 16.7. The van der Waals surface area contributed by atoms with Gasteiger partial charge in [0, 0.05) is 22.3 Å². The van der Waals surface area contributed by atoms with Crippen LogP contribution in [-0.4, -0.2) is 11.6 Å². The molecule has 46 heavy (non-hydrogen) atoms. The molecule has 0 amide bonds. The number of hydrogen-bond acceptors (Lipinski definition) is 2. The number of hydrogen-bond donors (Lipinski definition) is 0. The third kappa shape index (κ3) is 7.90. The molecular weight excluding hydrogens is 560 g/mol. The smallest absolute Gasteiger partial charge is 0.194 e. The summed E-state index contributed by atoms with van der Waals surface area (Å²) in [4.78, 5) is 27.9. The number of rotatable bonds is 18. The molecule has 2 heteroatoms. The van der Waals surface area contributed by atoms with Crippen LogP contribution in [0.5, 0.6) is 0 Å². The van der Waals surface area contributed by atoms with E-state index in [4.69, 9.17) is 0 Å². The third-order valence-electron chi connectivity index (χ3n) is 13.7. The average molecular weight is 629 g/mol. The number of ketones is 2. The van der Waals surface area contributed by atoms with E-state index in [9.17, 15) is 9.59 Å². The molecule has 0 spiro atoms. The summed E-state index contributed by atoms with van der Waals surface area (Å²) >= 11 is 0. The van der Waals surface area contributed by atoms with Gasteiger partial charge in [-0.05, 0) is 101 Å². The first-order chi connectivity index (χ1) is 21.6. The van der Waals surface area contributed by atoms with E-state index in [0.29, 0.717) is 44.9 Å². The largest absolute Gasteiger partial charge is 0.289 e. The fourth-order valence-corrected chi connectivity index (χ4v) is 8.13. The highest BCUT2D eigenvalue weighted by atomic mass is 16.1. The number of fused-ring (bicyclic) bond motifs is 2. The average Bonchev–Trinajstić information content (AvgIpc) is 3.05. The summed E-state index contributed by atoms with van der Waals surface area (Å²) in [5, 5.41) is 0. The van der Waals surface area contributed by atoms with Crippen molar-refractivity contribution in [3.8, 4) is 0 Å². The van der Waals surface area contributed by atoms with E-state index in [2.05, 4.69) is 107 Å². The van der Waals surface area contributed by atoms with Gasteiger partial charge in [0.15, 0.2) is 11.6 Å². The molecule has 1 aliphatic carbocycles. The van der Waals surface area contributed by atoms with Crippen LogP contribution in [0, 0.1) is 22.7 Å². The quantitative estimate of drug-likeness (QED) is 0.140. The summed E-state index contributed by atoms with van der Waals surface area (Å²) in [5.74, 6) is 1.35. The van der Waals surface area contributed by atoms with Crippen LogP contribution in [0.25, 0.3) is 0 Å². The van der Waals surface area contributed by atoms with Crippen molar-refractivity contribution in [3.63, 3.8) is 0 Å². The van der Waals surface area contributed by atoms with Crippen LogP contribution in [-0.2, 0) is 10.8 Å². The fraction of sp³-hybridized carbons (Fsp3) is 0.682. The third-order valence-corrected chi connectivity index (χ3v) is 13.7. The summed E-state index contributed by atoms with van der Waals surface area (Å²) in [6, 6.07) is 12.3. The molecule has 256 valence electrons. The molecule has 0 N–H and O–H groups in total. The maximum Gasteiger partial charge on any atom is 0.194 e. The Hall–Kier alpha value is -2.22. The van der Waals surface area contributed by atoms with Crippen LogP contribution in [0.1, 0.15) is 203 Å². The number of benzene rings is 2. The van der Waals surface area contributed by atoms with Crippen molar-refractivity contribution in [2.24, 2.45) is 22.7 Å². The van der Waals surface area contributed by atoms with Crippen LogP contribution >= 0.6 is 0 Å². The zero-order valence-corrected chi connectivity index (χ0v) is 31.9. The van der Waals surface area contributed by atoms with Crippen molar-refractivity contribution < 1.29 is 9.59 Å². The first-order valence-corrected chi connectivity index (χ1v) is 18.9. The first-order valence-electron chi connectivity index (χ1n) is 18.9. The van der Waals surface area contributed by atoms with Gasteiger partial charge in [-0.15, -0.1) is 0 Å². The predicted molar refractivity (Wildman–Crippen MR) is 198 cm³/mol. The minimum Gasteiger partial charge on any atom is -0.289 e. The van der Waals surface area contributed by atoms with E-state index in [-0.39, 0.29) is 22.4 Å². The fourth-order valence-electron chi connectivity index (χ4n) is 8.13. The van der Waals surface area contributed by atoms with E-state index >= 15 is 0 Å². The molecule has 0 saturated carbocycles. The van der Waals surface area contributed by atoms with Crippen LogP contribution in [0.15, 0.2) is 36.4 Å². The minimum absolute atomic E-state index is 0.00286. The van der Waals surface area contributed by atoms with Gasteiger partial charge in [0.25, 0.3) is 0 Å². The van der Waals surface area contributed by atoms with Crippen LogP contribution < -0.4 is 0 Å². The molecule has 4 unspecified atom stereocenters. The lowest BCUT2D eigenvalue weighted by Gasteiger charge is -2.36. The van der Waals surface area contributed by atoms with Gasteiger partial charge in [-0.3, -0.25) is 9.59 Å². The predicted octanol–water partition coefficient (Wildman–Crippen LogP) is 13.1. The molecule has 0 aromatic heterocycles. The molecule has 0 heterocycles. The standard InChI is InChI=1S/C44H68O2/c1-13-26-41(8,9)31(6)20-18-27-43(11,16-4)33-22-24-35-37(29-33)39(45)36-25-23-34(30-38(36)40(35)46)44(12,17-5)28-19-21-32(7)42(10,14-2)15-3/h22-25,29-32H,13-21,26-28H2,1-12H3. The highest BCUT2D eigenvalue weighted by molar-refractivity contribution is 6.28. The van der Waals surface area contributed by atoms with Gasteiger partial charge in [-0.2, -0.15) is 0 Å². The molecule has 3 rings (SSSR count). The lowest BCUT2D eigenvalue weighted by Crippen LogP contribution is -2.27. The molecule has 0 saturated heterocycles. The molecule has 4 atom stereocenters. The lowest BCUT2D eigenvalue weighted by molar-refractivity contribution is 0.0978. The number of carbonyl (C=O) groups is 2. The molecule has 1 aliphatic rings. The maximum absolute atomic E-state index is 14.0. The molecule has 0 aliphatic heterocycles. The molecule has 0 fully saturated rings. The van der Waals surface area contributed by atoms with E-state index in [1.165, 1.54) is 62.5 Å². The summed E-state index contributed by atoms with van der Waals surface area (Å²) in [7, 11) is 0. The van der Waals surface area contributed by atoms with Gasteiger partial charge in [0.1, 0.15) is 0 Å². The summed E-state index contributed by atoms with van der Waals surface area (Å²) < 4.78 is 0. The second-order valence-corrected chi connectivity index (χ2v) is 16.7. The highest BCUT2D eigenvalue weighted by Gasteiger charge is 2.35. The Morgan fingerprint density at radius 3 is 1.33 bits per heavy atom. The van der Waals surface area contributed by atoms with Crippen molar-refractivity contribution in [2.75, 3.05) is 0 Å². The highest BCUT2D eigenvalue weighted by Crippen LogP contribution is 2.42. The summed E-state index contributed by atoms with van der Waals surface area (Å²) in [5.41, 5.74) is 5.39. The Kier molecular flexibility index (Phi) is 12.7. The molecular formula is C44H68O2. The zero-order valence-electron chi connectivity index (χ0n) is 31.9. The molecule has 0 radical (unpaired) electrons. The van der Waals surface area contributed by atoms with Crippen molar-refractivity contribution in [1.29, 1.82) is 0 Å². The summed E-state index contributed by atoms with van der Waals surface area (Å²) in [6.07, 6.45) is 13.9. The van der Waals surface area contributed by atoms with Gasteiger partial charge in [0.2, 0.25) is 0 Å². The van der Waals surface area contributed by atoms with Gasteiger partial charge >= 0.3 is 0 Å². The SMILES string of the molecule is CCCC(C)(C)C(C)CCCC(C)(CC)c1ccc2c(c1)C(=O)c1ccc(C(C)(CC)CCCC(C)C(C)(CC)CC)cc1C2=O. The van der Waals surface area contributed by atoms with Crippen LogP contribution in [0.4, 0.5) is 0 Å². The monoisotopic (exact) mass is 629 g/mol. The molecule has 2 aromatic rings. The van der Waals surface area contributed by atoms with Crippen molar-refractivity contribution >= 4 is 11.6 Å². The Morgan fingerprint density at radius 1 is 0.543 bits per heavy atom. The molecule has 2 nitrogen and oxygen atoms in total. The topological polar surface area (TPSA) is 34.1 Å². The number of carbonyl (C=O) groups excluding carboxylic acids is 2. The Balaban J connectivity index is 1.81. The second kappa shape index (κ2) is 15.3. The first kappa shape index (κ1) is 38.2. The Morgan fingerprint density at radius 2 is 0.957 bits per heavy atom. The Bertz CT molecular complexity index is 1340. The van der Waals surface area contributed by atoms with Crippen molar-refractivity contribution in [3.05, 3.63) is 69.8 Å². The van der Waals surface area contributed by atoms with Gasteiger partial charge in [0.05, 0.1) is 0 Å². The van der Waals surface area contributed by atoms with E-state index in [0.717, 1.165) is 25.7 Å². The normalized spacial score (nSPS) is 17.6. The van der Waals surface area contributed by atoms with E-state index in [1.807, 2.05) is 12.1 Å². The summed E-state index contributed by atoms with van der Waals surface area (Å²) in [6.45, 7) is 28.2. The van der Waals surface area contributed by atoms with Crippen LogP contribution in [0.2, 0.25) is 0 Å².